The first-order valence-corrected chi connectivity index (χ1v) is 11.5. The second-order valence-electron chi connectivity index (χ2n) is 8.71. The van der Waals surface area contributed by atoms with Gasteiger partial charge in [0.25, 0.3) is 5.91 Å². The van der Waals surface area contributed by atoms with Crippen molar-refractivity contribution < 1.29 is 18.8 Å². The molecule has 1 heterocycles. The average Bonchev–Trinajstić information content (AvgIpc) is 3.11. The van der Waals surface area contributed by atoms with Crippen molar-refractivity contribution in [1.29, 1.82) is 0 Å². The minimum atomic E-state index is -0.776. The van der Waals surface area contributed by atoms with Crippen molar-refractivity contribution in [2.75, 3.05) is 11.4 Å². The molecule has 4 rings (SSSR count). The molecule has 6 nitrogen and oxygen atoms in total. The fraction of sp³-hybridized carbons (Fsp3) is 0.296. The molecule has 34 heavy (non-hydrogen) atoms. The van der Waals surface area contributed by atoms with Gasteiger partial charge in [0.15, 0.2) is 0 Å². The molecule has 0 saturated heterocycles. The normalized spacial score (nSPS) is 14.2. The van der Waals surface area contributed by atoms with Crippen LogP contribution in [-0.2, 0) is 16.1 Å². The zero-order chi connectivity index (χ0) is 24.4. The van der Waals surface area contributed by atoms with Gasteiger partial charge in [0.1, 0.15) is 18.4 Å². The molecule has 1 aliphatic heterocycles. The third kappa shape index (κ3) is 4.51. The molecule has 0 aromatic heterocycles. The van der Waals surface area contributed by atoms with Crippen LogP contribution < -0.4 is 10.2 Å². The van der Waals surface area contributed by atoms with Gasteiger partial charge in [-0.1, -0.05) is 43.3 Å². The van der Waals surface area contributed by atoms with Crippen molar-refractivity contribution >= 4 is 34.2 Å². The van der Waals surface area contributed by atoms with Crippen LogP contribution in [0.2, 0.25) is 0 Å². The Morgan fingerprint density at radius 2 is 1.71 bits per heavy atom. The maximum Gasteiger partial charge on any atom is 0.259 e. The largest absolute Gasteiger partial charge is 0.352 e. The minimum Gasteiger partial charge on any atom is -0.352 e. The molecular formula is C27H28FN3O3. The minimum absolute atomic E-state index is 0.0371. The van der Waals surface area contributed by atoms with Crippen LogP contribution in [0.1, 0.15) is 43.1 Å². The van der Waals surface area contributed by atoms with Crippen molar-refractivity contribution in [3.05, 3.63) is 77.6 Å². The van der Waals surface area contributed by atoms with Gasteiger partial charge in [-0.3, -0.25) is 19.3 Å². The van der Waals surface area contributed by atoms with Gasteiger partial charge in [-0.2, -0.15) is 0 Å². The quantitative estimate of drug-likeness (QED) is 0.545. The summed E-state index contributed by atoms with van der Waals surface area (Å²) in [5.41, 5.74) is 1.94. The number of halogens is 1. The number of carbonyl (C=O) groups is 3. The lowest BCUT2D eigenvalue weighted by molar-refractivity contribution is -0.139. The summed E-state index contributed by atoms with van der Waals surface area (Å²) < 4.78 is 13.4. The van der Waals surface area contributed by atoms with E-state index in [0.29, 0.717) is 16.8 Å². The van der Waals surface area contributed by atoms with E-state index in [9.17, 15) is 18.8 Å². The molecule has 7 heteroatoms. The van der Waals surface area contributed by atoms with Crippen molar-refractivity contribution in [3.63, 3.8) is 0 Å². The molecular weight excluding hydrogens is 433 g/mol. The Morgan fingerprint density at radius 3 is 2.38 bits per heavy atom. The Kier molecular flexibility index (Phi) is 6.63. The monoisotopic (exact) mass is 461 g/mol. The summed E-state index contributed by atoms with van der Waals surface area (Å²) in [4.78, 5) is 42.5. The van der Waals surface area contributed by atoms with Crippen LogP contribution in [0.15, 0.2) is 60.7 Å². The molecule has 176 valence electrons. The number of amides is 3. The van der Waals surface area contributed by atoms with E-state index in [1.54, 1.807) is 25.1 Å². The Balaban J connectivity index is 1.61. The fourth-order valence-electron chi connectivity index (χ4n) is 4.20. The highest BCUT2D eigenvalue weighted by Crippen LogP contribution is 2.37. The number of hydrogen-bond acceptors (Lipinski definition) is 3. The van der Waals surface area contributed by atoms with Crippen molar-refractivity contribution in [1.82, 2.24) is 10.2 Å². The number of benzene rings is 3. The molecule has 1 N–H and O–H groups in total. The highest BCUT2D eigenvalue weighted by Gasteiger charge is 2.34. The Bertz CT molecular complexity index is 1240. The number of nitrogens with one attached hydrogen (secondary N) is 1. The lowest BCUT2D eigenvalue weighted by Crippen LogP contribution is -2.52. The van der Waals surface area contributed by atoms with Crippen molar-refractivity contribution in [3.8, 4) is 0 Å². The lowest BCUT2D eigenvalue weighted by atomic mass is 10.1. The highest BCUT2D eigenvalue weighted by atomic mass is 19.1. The topological polar surface area (TPSA) is 69.7 Å². The first-order valence-electron chi connectivity index (χ1n) is 11.5. The van der Waals surface area contributed by atoms with Gasteiger partial charge in [0.05, 0.1) is 5.69 Å². The predicted molar refractivity (Wildman–Crippen MR) is 130 cm³/mol. The van der Waals surface area contributed by atoms with E-state index < -0.39 is 6.04 Å². The molecule has 0 fully saturated rings. The van der Waals surface area contributed by atoms with Gasteiger partial charge in [-0.25, -0.2) is 4.39 Å². The molecule has 0 bridgehead atoms. The Labute approximate surface area is 198 Å². The summed E-state index contributed by atoms with van der Waals surface area (Å²) in [6.07, 6.45) is 0.759. The number of carbonyl (C=O) groups excluding carboxylic acids is 3. The zero-order valence-corrected chi connectivity index (χ0v) is 19.5. The third-order valence-corrected chi connectivity index (χ3v) is 6.38. The molecule has 0 unspecified atom stereocenters. The average molecular weight is 462 g/mol. The van der Waals surface area contributed by atoms with E-state index in [1.165, 1.54) is 21.9 Å². The summed E-state index contributed by atoms with van der Waals surface area (Å²) >= 11 is 0. The fourth-order valence-corrected chi connectivity index (χ4v) is 4.20. The van der Waals surface area contributed by atoms with Crippen LogP contribution in [-0.4, -0.2) is 41.2 Å². The second-order valence-corrected chi connectivity index (χ2v) is 8.71. The van der Waals surface area contributed by atoms with Crippen LogP contribution in [0, 0.1) is 5.82 Å². The Morgan fingerprint density at radius 1 is 1.03 bits per heavy atom. The van der Waals surface area contributed by atoms with Gasteiger partial charge < -0.3 is 10.2 Å². The van der Waals surface area contributed by atoms with Gasteiger partial charge in [0.2, 0.25) is 11.8 Å². The Hall–Kier alpha value is -3.74. The third-order valence-electron chi connectivity index (χ3n) is 6.38. The summed E-state index contributed by atoms with van der Waals surface area (Å²) in [6, 6.07) is 16.2. The van der Waals surface area contributed by atoms with Crippen LogP contribution >= 0.6 is 0 Å². The van der Waals surface area contributed by atoms with Crippen LogP contribution in [0.25, 0.3) is 10.8 Å². The van der Waals surface area contributed by atoms with Gasteiger partial charge in [-0.05, 0) is 55.5 Å². The number of rotatable bonds is 8. The highest BCUT2D eigenvalue weighted by molar-refractivity contribution is 6.26. The second kappa shape index (κ2) is 9.63. The summed E-state index contributed by atoms with van der Waals surface area (Å²) in [7, 11) is 0. The lowest BCUT2D eigenvalue weighted by Gasteiger charge is -2.31. The van der Waals surface area contributed by atoms with Crippen molar-refractivity contribution in [2.45, 2.75) is 45.8 Å². The first kappa shape index (κ1) is 23.4. The van der Waals surface area contributed by atoms with Crippen molar-refractivity contribution in [2.24, 2.45) is 0 Å². The van der Waals surface area contributed by atoms with Gasteiger partial charge >= 0.3 is 0 Å². The maximum atomic E-state index is 13.6. The number of hydrogen-bond donors (Lipinski definition) is 1. The van der Waals surface area contributed by atoms with Gasteiger partial charge in [-0.15, -0.1) is 0 Å². The number of nitrogens with zero attached hydrogens (tertiary/aromatic N) is 2. The van der Waals surface area contributed by atoms with E-state index in [0.717, 1.165) is 17.2 Å². The standard InChI is InChI=1S/C27H28FN3O3/c1-4-17(2)29-26(33)18(3)30(15-19-11-13-21(28)14-12-19)24(32)16-31-23-10-6-8-20-7-5-9-22(25(20)23)27(31)34/h5-14,17-18H,4,15-16H2,1-3H3,(H,29,33)/t17-,18-/m0/s1. The molecule has 3 aromatic carbocycles. The molecule has 2 atom stereocenters. The van der Waals surface area contributed by atoms with E-state index in [4.69, 9.17) is 0 Å². The molecule has 0 aliphatic carbocycles. The summed E-state index contributed by atoms with van der Waals surface area (Å²) in [6.45, 7) is 5.45. The molecule has 0 spiro atoms. The smallest absolute Gasteiger partial charge is 0.259 e. The van der Waals surface area contributed by atoms with E-state index >= 15 is 0 Å². The maximum absolute atomic E-state index is 13.6. The van der Waals surface area contributed by atoms with Crippen LogP contribution in [0.5, 0.6) is 0 Å². The van der Waals surface area contributed by atoms with E-state index in [-0.39, 0.29) is 42.7 Å². The summed E-state index contributed by atoms with van der Waals surface area (Å²) in [5.74, 6) is -1.26. The van der Waals surface area contributed by atoms with E-state index in [1.807, 2.05) is 44.2 Å². The molecule has 1 aliphatic rings. The van der Waals surface area contributed by atoms with Crippen LogP contribution in [0.4, 0.5) is 10.1 Å². The first-order chi connectivity index (χ1) is 16.3. The molecule has 0 radical (unpaired) electrons. The summed E-state index contributed by atoms with van der Waals surface area (Å²) in [5, 5.41) is 4.68. The predicted octanol–water partition coefficient (Wildman–Crippen LogP) is 4.27. The zero-order valence-electron chi connectivity index (χ0n) is 19.5. The number of anilines is 1. The van der Waals surface area contributed by atoms with E-state index in [2.05, 4.69) is 5.32 Å². The molecule has 3 amide bonds. The van der Waals surface area contributed by atoms with Crippen LogP contribution in [0.3, 0.4) is 0 Å². The molecule has 3 aromatic rings. The SMILES string of the molecule is CC[C@H](C)NC(=O)[C@H](C)N(Cc1ccc(F)cc1)C(=O)CN1C(=O)c2cccc3cccc1c23. The van der Waals surface area contributed by atoms with Gasteiger partial charge in [0, 0.05) is 23.5 Å². The molecule has 0 saturated carbocycles.